The van der Waals surface area contributed by atoms with Crippen molar-refractivity contribution in [1.82, 2.24) is 14.2 Å². The van der Waals surface area contributed by atoms with E-state index in [1.54, 1.807) is 0 Å². The van der Waals surface area contributed by atoms with Gasteiger partial charge in [0.05, 0.1) is 10.4 Å². The minimum atomic E-state index is -3.68. The zero-order chi connectivity index (χ0) is 21.2. The Kier molecular flexibility index (Phi) is 6.48. The molecule has 1 aliphatic rings. The van der Waals surface area contributed by atoms with Gasteiger partial charge in [0.2, 0.25) is 15.9 Å². The molecule has 0 saturated carbocycles. The molecule has 0 radical (unpaired) electrons. The monoisotopic (exact) mass is 423 g/mol. The van der Waals surface area contributed by atoms with Crippen LogP contribution in [0, 0.1) is 11.8 Å². The molecule has 2 heterocycles. The first-order valence-electron chi connectivity index (χ1n) is 10.1. The maximum Gasteiger partial charge on any atom is 0.420 e. The molecule has 1 aromatic carbocycles. The van der Waals surface area contributed by atoms with Gasteiger partial charge in [-0.1, -0.05) is 27.2 Å². The fourth-order valence-corrected chi connectivity index (χ4v) is 5.61. The molecular weight excluding hydrogens is 394 g/mol. The fraction of sp³-hybridized carbons (Fsp3) is 0.600. The molecule has 2 aromatic rings. The molecule has 0 bridgehead atoms. The minimum absolute atomic E-state index is 0.0968. The molecule has 1 amide bonds. The van der Waals surface area contributed by atoms with Crippen LogP contribution in [0.25, 0.3) is 11.1 Å². The number of unbranched alkanes of at least 4 members (excludes halogenated alkanes) is 1. The first-order valence-corrected chi connectivity index (χ1v) is 11.6. The summed E-state index contributed by atoms with van der Waals surface area (Å²) in [4.78, 5) is 24.4. The molecule has 1 aromatic heterocycles. The van der Waals surface area contributed by atoms with Crippen molar-refractivity contribution in [3.8, 4) is 0 Å². The van der Waals surface area contributed by atoms with Gasteiger partial charge in [-0.05, 0) is 36.8 Å². The van der Waals surface area contributed by atoms with Crippen LogP contribution in [0.1, 0.15) is 40.0 Å². The number of oxazole rings is 1. The molecule has 2 atom stereocenters. The second-order valence-corrected chi connectivity index (χ2v) is 9.99. The Morgan fingerprint density at radius 3 is 2.59 bits per heavy atom. The van der Waals surface area contributed by atoms with Crippen LogP contribution in [0.4, 0.5) is 0 Å². The van der Waals surface area contributed by atoms with Crippen LogP contribution >= 0.6 is 0 Å². The number of hydrogen-bond donors (Lipinski definition) is 1. The van der Waals surface area contributed by atoms with E-state index in [4.69, 9.17) is 4.42 Å². The van der Waals surface area contributed by atoms with Crippen LogP contribution < -0.4 is 11.1 Å². The summed E-state index contributed by atoms with van der Waals surface area (Å²) in [5, 5.41) is 2.76. The van der Waals surface area contributed by atoms with E-state index in [-0.39, 0.29) is 22.9 Å². The number of hydrogen-bond acceptors (Lipinski definition) is 5. The van der Waals surface area contributed by atoms with Gasteiger partial charge in [-0.3, -0.25) is 9.36 Å². The molecule has 1 N–H and O–H groups in total. The highest BCUT2D eigenvalue weighted by Gasteiger charge is 2.32. The lowest BCUT2D eigenvalue weighted by Crippen LogP contribution is -2.42. The van der Waals surface area contributed by atoms with Crippen molar-refractivity contribution < 1.29 is 17.6 Å². The summed E-state index contributed by atoms with van der Waals surface area (Å²) in [5.41, 5.74) is 0.565. The molecule has 0 spiro atoms. The number of piperidine rings is 1. The zero-order valence-corrected chi connectivity index (χ0v) is 18.0. The quantitative estimate of drug-likeness (QED) is 0.688. The Labute approximate surface area is 170 Å². The molecule has 0 unspecified atom stereocenters. The number of nitrogens with zero attached hydrogens (tertiary/aromatic N) is 2. The molecule has 1 aliphatic heterocycles. The summed E-state index contributed by atoms with van der Waals surface area (Å²) >= 11 is 0. The molecule has 160 valence electrons. The van der Waals surface area contributed by atoms with Gasteiger partial charge in [-0.25, -0.2) is 13.2 Å². The molecule has 29 heavy (non-hydrogen) atoms. The smallest absolute Gasteiger partial charge is 0.408 e. The number of fused-ring (bicyclic) bond motifs is 1. The molecule has 1 fully saturated rings. The number of nitrogens with one attached hydrogen (secondary N) is 1. The number of sulfonamides is 1. The van der Waals surface area contributed by atoms with E-state index >= 15 is 0 Å². The highest BCUT2D eigenvalue weighted by atomic mass is 32.2. The van der Waals surface area contributed by atoms with E-state index in [1.165, 1.54) is 27.1 Å². The number of benzene rings is 1. The van der Waals surface area contributed by atoms with E-state index < -0.39 is 15.8 Å². The van der Waals surface area contributed by atoms with Crippen LogP contribution in [0.15, 0.2) is 32.3 Å². The number of amides is 1. The lowest BCUT2D eigenvalue weighted by Gasteiger charge is -2.34. The van der Waals surface area contributed by atoms with Gasteiger partial charge in [0, 0.05) is 25.7 Å². The lowest BCUT2D eigenvalue weighted by molar-refractivity contribution is -0.121. The maximum absolute atomic E-state index is 13.1. The SMILES string of the molecule is CCCCNC(=O)Cn1c(=O)oc2cc(S(=O)(=O)N3C[C@H](C)C[C@@H](C)C3)ccc21. The van der Waals surface area contributed by atoms with Gasteiger partial charge < -0.3 is 9.73 Å². The van der Waals surface area contributed by atoms with Crippen LogP contribution in [0.3, 0.4) is 0 Å². The molecule has 8 nitrogen and oxygen atoms in total. The highest BCUT2D eigenvalue weighted by molar-refractivity contribution is 7.89. The number of aromatic nitrogens is 1. The third-order valence-electron chi connectivity index (χ3n) is 5.27. The average molecular weight is 424 g/mol. The van der Waals surface area contributed by atoms with E-state index in [1.807, 2.05) is 20.8 Å². The second-order valence-electron chi connectivity index (χ2n) is 8.06. The van der Waals surface area contributed by atoms with Crippen LogP contribution in [-0.2, 0) is 21.4 Å². The van der Waals surface area contributed by atoms with Crippen molar-refractivity contribution in [2.45, 2.75) is 51.5 Å². The van der Waals surface area contributed by atoms with Crippen LogP contribution in [0.2, 0.25) is 0 Å². The fourth-order valence-electron chi connectivity index (χ4n) is 3.91. The van der Waals surface area contributed by atoms with E-state index in [0.717, 1.165) is 19.3 Å². The Bertz CT molecular complexity index is 1030. The zero-order valence-electron chi connectivity index (χ0n) is 17.2. The average Bonchev–Trinajstić information content (AvgIpc) is 2.95. The van der Waals surface area contributed by atoms with Crippen LogP contribution in [0.5, 0.6) is 0 Å². The molecule has 3 rings (SSSR count). The summed E-state index contributed by atoms with van der Waals surface area (Å²) in [6, 6.07) is 4.38. The highest BCUT2D eigenvalue weighted by Crippen LogP contribution is 2.28. The number of rotatable bonds is 7. The van der Waals surface area contributed by atoms with Crippen molar-refractivity contribution in [3.05, 3.63) is 28.7 Å². The molecule has 9 heteroatoms. The third-order valence-corrected chi connectivity index (χ3v) is 7.09. The minimum Gasteiger partial charge on any atom is -0.408 e. The predicted molar refractivity (Wildman–Crippen MR) is 110 cm³/mol. The molecule has 0 aliphatic carbocycles. The maximum atomic E-state index is 13.1. The van der Waals surface area contributed by atoms with Crippen molar-refractivity contribution in [2.75, 3.05) is 19.6 Å². The second kappa shape index (κ2) is 8.71. The first-order chi connectivity index (χ1) is 13.7. The largest absolute Gasteiger partial charge is 0.420 e. The van der Waals surface area contributed by atoms with Crippen molar-refractivity contribution in [1.29, 1.82) is 0 Å². The lowest BCUT2D eigenvalue weighted by atomic mass is 9.94. The normalized spacial score (nSPS) is 20.8. The van der Waals surface area contributed by atoms with E-state index in [2.05, 4.69) is 5.32 Å². The van der Waals surface area contributed by atoms with E-state index in [0.29, 0.717) is 37.0 Å². The van der Waals surface area contributed by atoms with Gasteiger partial charge in [0.25, 0.3) is 0 Å². The number of carbonyl (C=O) groups is 1. The first kappa shape index (κ1) is 21.6. The summed E-state index contributed by atoms with van der Waals surface area (Å²) < 4.78 is 34.1. The van der Waals surface area contributed by atoms with Gasteiger partial charge in [0.1, 0.15) is 6.54 Å². The Balaban J connectivity index is 1.86. The van der Waals surface area contributed by atoms with E-state index in [9.17, 15) is 18.0 Å². The summed E-state index contributed by atoms with van der Waals surface area (Å²) in [6.45, 7) is 7.47. The summed E-state index contributed by atoms with van der Waals surface area (Å²) in [6.07, 6.45) is 2.82. The molecule has 1 saturated heterocycles. The standard InChI is InChI=1S/C20H29N3O5S/c1-4-5-8-21-19(24)13-23-17-7-6-16(10-18(17)28-20(23)25)29(26,27)22-11-14(2)9-15(3)12-22/h6-7,10,14-15H,4-5,8-9,11-13H2,1-3H3,(H,21,24)/t14-,15-/m1/s1. The summed E-state index contributed by atoms with van der Waals surface area (Å²) in [5.74, 6) is -0.373. The third kappa shape index (κ3) is 4.72. The number of carbonyl (C=O) groups excluding carboxylic acids is 1. The predicted octanol–water partition coefficient (Wildman–Crippen LogP) is 2.18. The molecular formula is C20H29N3O5S. The van der Waals surface area contributed by atoms with Gasteiger partial charge >= 0.3 is 5.76 Å². The van der Waals surface area contributed by atoms with Gasteiger partial charge in [-0.2, -0.15) is 4.31 Å². The van der Waals surface area contributed by atoms with Crippen LogP contribution in [-0.4, -0.2) is 42.8 Å². The van der Waals surface area contributed by atoms with Gasteiger partial charge in [0.15, 0.2) is 5.58 Å². The summed E-state index contributed by atoms with van der Waals surface area (Å²) in [7, 11) is -3.68. The van der Waals surface area contributed by atoms with Crippen molar-refractivity contribution >= 4 is 27.0 Å². The Morgan fingerprint density at radius 1 is 1.24 bits per heavy atom. The Hall–Kier alpha value is -2.13. The van der Waals surface area contributed by atoms with Crippen molar-refractivity contribution in [3.63, 3.8) is 0 Å². The van der Waals surface area contributed by atoms with Gasteiger partial charge in [-0.15, -0.1) is 0 Å². The topological polar surface area (TPSA) is 102 Å². The Morgan fingerprint density at radius 2 is 1.93 bits per heavy atom. The van der Waals surface area contributed by atoms with Crippen molar-refractivity contribution in [2.24, 2.45) is 11.8 Å².